The molecule has 0 amide bonds. The van der Waals surface area contributed by atoms with Gasteiger partial charge in [-0.05, 0) is 48.7 Å². The van der Waals surface area contributed by atoms with Crippen LogP contribution in [0.15, 0.2) is 53.4 Å². The van der Waals surface area contributed by atoms with Gasteiger partial charge in [0.1, 0.15) is 5.82 Å². The summed E-state index contributed by atoms with van der Waals surface area (Å²) in [5, 5.41) is 0. The smallest absolute Gasteiger partial charge is 0.262 e. The second-order valence-corrected chi connectivity index (χ2v) is 6.47. The van der Waals surface area contributed by atoms with Crippen molar-refractivity contribution in [1.82, 2.24) is 0 Å². The molecule has 2 rings (SSSR count). The van der Waals surface area contributed by atoms with Crippen molar-refractivity contribution < 1.29 is 12.8 Å². The summed E-state index contributed by atoms with van der Waals surface area (Å²) in [6, 6.07) is 12.2. The molecular weight excluding hydrogens is 325 g/mol. The molecular formula is C16H19ClFNO2S. The first-order valence-corrected chi connectivity index (χ1v) is 8.37. The molecule has 0 bridgehead atoms. The first kappa shape index (κ1) is 18.5. The third-order valence-electron chi connectivity index (χ3n) is 3.16. The molecule has 0 aliphatic carbocycles. The van der Waals surface area contributed by atoms with Crippen LogP contribution in [0.3, 0.4) is 0 Å². The van der Waals surface area contributed by atoms with Crippen LogP contribution in [0.1, 0.15) is 25.3 Å². The van der Waals surface area contributed by atoms with Crippen LogP contribution in [-0.4, -0.2) is 8.42 Å². The van der Waals surface area contributed by atoms with Crippen molar-refractivity contribution >= 4 is 28.1 Å². The first-order chi connectivity index (χ1) is 10.0. The van der Waals surface area contributed by atoms with Crippen LogP contribution >= 0.6 is 12.4 Å². The van der Waals surface area contributed by atoms with Gasteiger partial charge in [-0.2, -0.15) is 0 Å². The largest absolute Gasteiger partial charge is 0.280 e. The van der Waals surface area contributed by atoms with E-state index in [0.29, 0.717) is 5.69 Å². The topological polar surface area (TPSA) is 46.2 Å². The van der Waals surface area contributed by atoms with Crippen LogP contribution in [0.25, 0.3) is 0 Å². The highest BCUT2D eigenvalue weighted by molar-refractivity contribution is 7.92. The first-order valence-electron chi connectivity index (χ1n) is 6.89. The van der Waals surface area contributed by atoms with Crippen LogP contribution in [0, 0.1) is 5.82 Å². The Labute approximate surface area is 137 Å². The van der Waals surface area contributed by atoms with E-state index in [4.69, 9.17) is 0 Å². The monoisotopic (exact) mass is 343 g/mol. The summed E-state index contributed by atoms with van der Waals surface area (Å²) in [4.78, 5) is 0.280. The maximum atomic E-state index is 12.9. The SMILES string of the molecule is CCCCc1ccccc1S(=O)(=O)Nc1ccc(F)cc1.Cl. The predicted octanol–water partition coefficient (Wildman–Crippen LogP) is 4.39. The fourth-order valence-corrected chi connectivity index (χ4v) is 3.40. The van der Waals surface area contributed by atoms with Crippen molar-refractivity contribution in [2.45, 2.75) is 31.1 Å². The number of hydrogen-bond acceptors (Lipinski definition) is 2. The van der Waals surface area contributed by atoms with E-state index in [0.717, 1.165) is 24.8 Å². The molecule has 1 N–H and O–H groups in total. The average Bonchev–Trinajstić information content (AvgIpc) is 2.47. The third-order valence-corrected chi connectivity index (χ3v) is 4.64. The predicted molar refractivity (Wildman–Crippen MR) is 89.5 cm³/mol. The van der Waals surface area contributed by atoms with E-state index in [2.05, 4.69) is 11.6 Å². The highest BCUT2D eigenvalue weighted by Gasteiger charge is 2.17. The second kappa shape index (κ2) is 8.15. The summed E-state index contributed by atoms with van der Waals surface area (Å²) in [7, 11) is -3.66. The fraction of sp³-hybridized carbons (Fsp3) is 0.250. The molecule has 0 aliphatic heterocycles. The Balaban J connectivity index is 0.00000242. The van der Waals surface area contributed by atoms with Crippen molar-refractivity contribution in [3.05, 3.63) is 59.9 Å². The Morgan fingerprint density at radius 2 is 1.68 bits per heavy atom. The molecule has 0 unspecified atom stereocenters. The van der Waals surface area contributed by atoms with Gasteiger partial charge in [0, 0.05) is 5.69 Å². The Morgan fingerprint density at radius 1 is 1.05 bits per heavy atom. The average molecular weight is 344 g/mol. The van der Waals surface area contributed by atoms with Gasteiger partial charge in [-0.25, -0.2) is 12.8 Å². The van der Waals surface area contributed by atoms with E-state index < -0.39 is 15.8 Å². The highest BCUT2D eigenvalue weighted by atomic mass is 35.5. The van der Waals surface area contributed by atoms with Crippen molar-refractivity contribution in [2.75, 3.05) is 4.72 Å². The zero-order valence-electron chi connectivity index (χ0n) is 12.3. The normalized spacial score (nSPS) is 10.8. The number of aryl methyl sites for hydroxylation is 1. The van der Waals surface area contributed by atoms with Crippen molar-refractivity contribution in [3.63, 3.8) is 0 Å². The number of unbranched alkanes of at least 4 members (excludes halogenated alkanes) is 1. The lowest BCUT2D eigenvalue weighted by Gasteiger charge is -2.12. The van der Waals surface area contributed by atoms with Gasteiger partial charge in [0.25, 0.3) is 10.0 Å². The lowest BCUT2D eigenvalue weighted by molar-refractivity contribution is 0.599. The van der Waals surface area contributed by atoms with Crippen LogP contribution in [-0.2, 0) is 16.4 Å². The molecule has 0 heterocycles. The molecule has 0 saturated carbocycles. The van der Waals surface area contributed by atoms with Crippen LogP contribution in [0.2, 0.25) is 0 Å². The molecule has 2 aromatic rings. The molecule has 120 valence electrons. The van der Waals surface area contributed by atoms with Gasteiger partial charge in [-0.3, -0.25) is 4.72 Å². The second-order valence-electron chi connectivity index (χ2n) is 4.82. The maximum Gasteiger partial charge on any atom is 0.262 e. The Hall–Kier alpha value is -1.59. The van der Waals surface area contributed by atoms with Gasteiger partial charge >= 0.3 is 0 Å². The fourth-order valence-electron chi connectivity index (χ4n) is 2.07. The Morgan fingerprint density at radius 3 is 2.32 bits per heavy atom. The van der Waals surface area contributed by atoms with E-state index in [1.807, 2.05) is 12.1 Å². The van der Waals surface area contributed by atoms with Crippen LogP contribution < -0.4 is 4.72 Å². The Kier molecular flexibility index (Phi) is 6.84. The summed E-state index contributed by atoms with van der Waals surface area (Å²) < 4.78 is 40.3. The number of halogens is 2. The summed E-state index contributed by atoms with van der Waals surface area (Å²) >= 11 is 0. The number of benzene rings is 2. The summed E-state index contributed by atoms with van der Waals surface area (Å²) in [5.41, 5.74) is 1.15. The summed E-state index contributed by atoms with van der Waals surface area (Å²) in [6.07, 6.45) is 2.65. The zero-order chi connectivity index (χ0) is 15.3. The van der Waals surface area contributed by atoms with Gasteiger partial charge in [-0.15, -0.1) is 12.4 Å². The van der Waals surface area contributed by atoms with E-state index in [1.165, 1.54) is 24.3 Å². The number of sulfonamides is 1. The molecule has 2 aromatic carbocycles. The van der Waals surface area contributed by atoms with E-state index >= 15 is 0 Å². The molecule has 3 nitrogen and oxygen atoms in total. The minimum Gasteiger partial charge on any atom is -0.280 e. The third kappa shape index (κ3) is 4.71. The number of anilines is 1. The Bertz CT molecular complexity index is 702. The minimum absolute atomic E-state index is 0. The van der Waals surface area contributed by atoms with Gasteiger partial charge < -0.3 is 0 Å². The highest BCUT2D eigenvalue weighted by Crippen LogP contribution is 2.21. The molecule has 0 aromatic heterocycles. The number of rotatable bonds is 6. The summed E-state index contributed by atoms with van der Waals surface area (Å²) in [6.45, 7) is 2.06. The van der Waals surface area contributed by atoms with Crippen molar-refractivity contribution in [1.29, 1.82) is 0 Å². The molecule has 22 heavy (non-hydrogen) atoms. The number of hydrogen-bond donors (Lipinski definition) is 1. The minimum atomic E-state index is -3.66. The van der Waals surface area contributed by atoms with Gasteiger partial charge in [-0.1, -0.05) is 31.5 Å². The molecule has 0 saturated heterocycles. The molecule has 0 aliphatic rings. The summed E-state index contributed by atoms with van der Waals surface area (Å²) in [5.74, 6) is -0.402. The van der Waals surface area contributed by atoms with E-state index in [9.17, 15) is 12.8 Å². The molecule has 6 heteroatoms. The molecule has 0 atom stereocenters. The van der Waals surface area contributed by atoms with Crippen LogP contribution in [0.4, 0.5) is 10.1 Å². The molecule has 0 fully saturated rings. The molecule has 0 spiro atoms. The van der Waals surface area contributed by atoms with Crippen molar-refractivity contribution in [3.8, 4) is 0 Å². The standard InChI is InChI=1S/C16H18FNO2S.ClH/c1-2-3-6-13-7-4-5-8-16(13)21(19,20)18-15-11-9-14(17)10-12-15;/h4-5,7-12,18H,2-3,6H2,1H3;1H. The number of nitrogens with one attached hydrogen (secondary N) is 1. The van der Waals surface area contributed by atoms with Gasteiger partial charge in [0.15, 0.2) is 0 Å². The molecule has 0 radical (unpaired) electrons. The van der Waals surface area contributed by atoms with Crippen molar-refractivity contribution in [2.24, 2.45) is 0 Å². The van der Waals surface area contributed by atoms with E-state index in [1.54, 1.807) is 12.1 Å². The quantitative estimate of drug-likeness (QED) is 0.845. The maximum absolute atomic E-state index is 12.9. The van der Waals surface area contributed by atoms with Gasteiger partial charge in [0.2, 0.25) is 0 Å². The lowest BCUT2D eigenvalue weighted by atomic mass is 10.1. The van der Waals surface area contributed by atoms with Gasteiger partial charge in [0.05, 0.1) is 4.90 Å². The lowest BCUT2D eigenvalue weighted by Crippen LogP contribution is -2.15. The van der Waals surface area contributed by atoms with Crippen LogP contribution in [0.5, 0.6) is 0 Å². The zero-order valence-corrected chi connectivity index (χ0v) is 13.9. The van der Waals surface area contributed by atoms with E-state index in [-0.39, 0.29) is 17.3 Å².